The molecule has 8 heteroatoms. The topological polar surface area (TPSA) is 88.6 Å². The Morgan fingerprint density at radius 3 is 1.97 bits per heavy atom. The van der Waals surface area contributed by atoms with Gasteiger partial charge >= 0.3 is 0 Å². The van der Waals surface area contributed by atoms with Crippen LogP contribution < -0.4 is 15.2 Å². The predicted molar refractivity (Wildman–Crippen MR) is 140 cm³/mol. The molecule has 2 rings (SSSR count). The van der Waals surface area contributed by atoms with E-state index in [2.05, 4.69) is 15.9 Å². The van der Waals surface area contributed by atoms with E-state index in [1.165, 1.54) is 0 Å². The Morgan fingerprint density at radius 1 is 0.939 bits per heavy atom. The quantitative estimate of drug-likeness (QED) is 0.195. The number of nitrogen functional groups attached to an aromatic ring is 1. The molecule has 0 heterocycles. The zero-order valence-electron chi connectivity index (χ0n) is 19.8. The molecule has 6 nitrogen and oxygen atoms in total. The van der Waals surface area contributed by atoms with E-state index in [1.807, 2.05) is 62.9 Å². The van der Waals surface area contributed by atoms with Crippen molar-refractivity contribution in [2.24, 2.45) is 5.73 Å². The number of halogens is 2. The highest BCUT2D eigenvalue weighted by Gasteiger charge is 2.23. The maximum atomic E-state index is 13.0. The third-order valence-electron chi connectivity index (χ3n) is 5.01. The molecule has 0 aliphatic carbocycles. The lowest BCUT2D eigenvalue weighted by molar-refractivity contribution is 0.0642. The monoisotopic (exact) mass is 539 g/mol. The number of carbonyl (C=O) groups is 1. The van der Waals surface area contributed by atoms with Crippen LogP contribution in [-0.4, -0.2) is 41.9 Å². The molecule has 33 heavy (non-hydrogen) atoms. The molecule has 0 atom stereocenters. The Balaban J connectivity index is 0.00000544. The summed E-state index contributed by atoms with van der Waals surface area (Å²) < 4.78 is 12.4. The smallest absolute Gasteiger partial charge is 0.255 e. The fourth-order valence-electron chi connectivity index (χ4n) is 3.45. The van der Waals surface area contributed by atoms with Crippen LogP contribution in [0.15, 0.2) is 46.9 Å². The zero-order chi connectivity index (χ0) is 23.7. The lowest BCUT2D eigenvalue weighted by Crippen LogP contribution is -2.42. The minimum Gasteiger partial charge on any atom is -0.494 e. The van der Waals surface area contributed by atoms with Gasteiger partial charge in [-0.2, -0.15) is 0 Å². The second-order valence-electron chi connectivity index (χ2n) is 8.24. The van der Waals surface area contributed by atoms with Gasteiger partial charge in [-0.25, -0.2) is 0 Å². The van der Waals surface area contributed by atoms with Crippen LogP contribution in [0, 0.1) is 5.41 Å². The van der Waals surface area contributed by atoms with Crippen LogP contribution in [0.3, 0.4) is 0 Å². The Labute approximate surface area is 211 Å². The van der Waals surface area contributed by atoms with Crippen LogP contribution in [0.2, 0.25) is 0 Å². The maximum Gasteiger partial charge on any atom is 0.255 e. The fourth-order valence-corrected chi connectivity index (χ4v) is 3.87. The van der Waals surface area contributed by atoms with Gasteiger partial charge < -0.3 is 20.1 Å². The Morgan fingerprint density at radius 2 is 1.45 bits per heavy atom. The van der Waals surface area contributed by atoms with Crippen LogP contribution >= 0.6 is 28.3 Å². The van der Waals surface area contributed by atoms with Gasteiger partial charge in [0, 0.05) is 22.1 Å². The van der Waals surface area contributed by atoms with Gasteiger partial charge in [0.1, 0.15) is 17.3 Å². The number of benzene rings is 2. The van der Waals surface area contributed by atoms with Crippen molar-refractivity contribution in [1.82, 2.24) is 4.90 Å². The Kier molecular flexibility index (Phi) is 12.3. The van der Waals surface area contributed by atoms with Gasteiger partial charge in [-0.15, -0.1) is 12.4 Å². The lowest BCUT2D eigenvalue weighted by Gasteiger charge is -2.31. The second kappa shape index (κ2) is 14.1. The highest BCUT2D eigenvalue weighted by molar-refractivity contribution is 9.10. The molecule has 0 fully saturated rings. The van der Waals surface area contributed by atoms with E-state index in [0.29, 0.717) is 30.1 Å². The number of rotatable bonds is 12. The summed E-state index contributed by atoms with van der Waals surface area (Å²) in [6.07, 6.45) is 2.79. The average Bonchev–Trinajstić information content (AvgIpc) is 2.73. The molecular weight excluding hydrogens is 506 g/mol. The number of ether oxygens (including phenoxy) is 2. The summed E-state index contributed by atoms with van der Waals surface area (Å²) in [5, 5.41) is 7.40. The first-order chi connectivity index (χ1) is 15.2. The molecule has 0 spiro atoms. The van der Waals surface area contributed by atoms with Gasteiger partial charge in [0.25, 0.3) is 5.91 Å². The van der Waals surface area contributed by atoms with Crippen molar-refractivity contribution in [3.8, 4) is 11.5 Å². The molecule has 1 amide bonds. The normalized spacial score (nSPS) is 10.6. The van der Waals surface area contributed by atoms with Crippen LogP contribution in [-0.2, 0) is 0 Å². The number of nitrogens with zero attached hydrogens (tertiary/aromatic N) is 1. The minimum atomic E-state index is 0. The van der Waals surface area contributed by atoms with Crippen LogP contribution in [0.25, 0.3) is 0 Å². The molecule has 0 aliphatic heterocycles. The first-order valence-corrected chi connectivity index (χ1v) is 11.8. The van der Waals surface area contributed by atoms with E-state index in [0.717, 1.165) is 29.5 Å². The number of hydrogen-bond donors (Lipinski definition) is 2. The van der Waals surface area contributed by atoms with Crippen molar-refractivity contribution in [2.75, 3.05) is 13.2 Å². The number of unbranched alkanes of at least 4 members (excludes halogenated alkanes) is 2. The molecule has 0 aliphatic rings. The summed E-state index contributed by atoms with van der Waals surface area (Å²) in [4.78, 5) is 14.9. The molecule has 0 bridgehead atoms. The number of hydrogen-bond acceptors (Lipinski definition) is 4. The molecule has 182 valence electrons. The number of carbonyl (C=O) groups excluding carboxylic acids is 1. The molecule has 0 aromatic heterocycles. The van der Waals surface area contributed by atoms with Crippen molar-refractivity contribution >= 4 is 40.1 Å². The number of amidine groups is 1. The molecule has 0 radical (unpaired) electrons. The largest absolute Gasteiger partial charge is 0.494 e. The molecular formula is C25H35BrClN3O3. The van der Waals surface area contributed by atoms with E-state index < -0.39 is 0 Å². The highest BCUT2D eigenvalue weighted by Crippen LogP contribution is 2.26. The molecule has 2 aromatic carbocycles. The zero-order valence-corrected chi connectivity index (χ0v) is 22.2. The van der Waals surface area contributed by atoms with Gasteiger partial charge in [-0.3, -0.25) is 10.2 Å². The van der Waals surface area contributed by atoms with Gasteiger partial charge in [0.2, 0.25) is 0 Å². The van der Waals surface area contributed by atoms with E-state index in [-0.39, 0.29) is 36.2 Å². The van der Waals surface area contributed by atoms with E-state index >= 15 is 0 Å². The Bertz CT molecular complexity index is 896. The van der Waals surface area contributed by atoms with Crippen molar-refractivity contribution in [3.63, 3.8) is 0 Å². The fraction of sp³-hybridized carbons (Fsp3) is 0.440. The molecule has 2 aromatic rings. The summed E-state index contributed by atoms with van der Waals surface area (Å²) in [7, 11) is 0. The lowest BCUT2D eigenvalue weighted by atomic mass is 10.1. The SMILES string of the molecule is CC(C)N(C(=O)c1cc(OCCCCCOc2ccc(C(=N)N)cc2)ccc1Br)C(C)C.Cl. The number of nitrogens with one attached hydrogen (secondary N) is 1. The van der Waals surface area contributed by atoms with Gasteiger partial charge in [0.15, 0.2) is 0 Å². The summed E-state index contributed by atoms with van der Waals surface area (Å²) in [5.74, 6) is 1.53. The van der Waals surface area contributed by atoms with E-state index in [9.17, 15) is 4.79 Å². The molecule has 0 saturated carbocycles. The van der Waals surface area contributed by atoms with Crippen LogP contribution in [0.5, 0.6) is 11.5 Å². The standard InChI is InChI=1S/C25H34BrN3O3.ClH/c1-17(2)29(18(3)4)25(30)22-16-21(12-13-23(22)26)32-15-7-5-6-14-31-20-10-8-19(9-11-20)24(27)28;/h8-13,16-18H,5-7,14-15H2,1-4H3,(H3,27,28);1H. The van der Waals surface area contributed by atoms with Gasteiger partial charge in [-0.1, -0.05) is 0 Å². The Hall–Kier alpha value is -2.25. The van der Waals surface area contributed by atoms with E-state index in [1.54, 1.807) is 12.1 Å². The van der Waals surface area contributed by atoms with Gasteiger partial charge in [-0.05, 0) is 105 Å². The second-order valence-corrected chi connectivity index (χ2v) is 9.09. The number of amides is 1. The first-order valence-electron chi connectivity index (χ1n) is 11.0. The van der Waals surface area contributed by atoms with Crippen LogP contribution in [0.4, 0.5) is 0 Å². The van der Waals surface area contributed by atoms with Gasteiger partial charge in [0.05, 0.1) is 18.8 Å². The minimum absolute atomic E-state index is 0. The first kappa shape index (κ1) is 28.8. The predicted octanol–water partition coefficient (Wildman–Crippen LogP) is 6.04. The van der Waals surface area contributed by atoms with Crippen molar-refractivity contribution < 1.29 is 14.3 Å². The van der Waals surface area contributed by atoms with Crippen molar-refractivity contribution in [2.45, 2.75) is 59.0 Å². The molecule has 0 saturated heterocycles. The molecule has 0 unspecified atom stereocenters. The highest BCUT2D eigenvalue weighted by atomic mass is 79.9. The third kappa shape index (κ3) is 8.89. The number of nitrogens with two attached hydrogens (primary N) is 1. The van der Waals surface area contributed by atoms with Crippen molar-refractivity contribution in [1.29, 1.82) is 5.41 Å². The summed E-state index contributed by atoms with van der Waals surface area (Å²) >= 11 is 3.50. The molecule has 3 N–H and O–H groups in total. The summed E-state index contributed by atoms with van der Waals surface area (Å²) in [6.45, 7) is 9.30. The summed E-state index contributed by atoms with van der Waals surface area (Å²) in [6, 6.07) is 13.0. The van der Waals surface area contributed by atoms with Crippen LogP contribution in [0.1, 0.15) is 62.9 Å². The third-order valence-corrected chi connectivity index (χ3v) is 5.70. The maximum absolute atomic E-state index is 13.0. The van der Waals surface area contributed by atoms with E-state index in [4.69, 9.17) is 20.6 Å². The van der Waals surface area contributed by atoms with Crippen molar-refractivity contribution in [3.05, 3.63) is 58.1 Å². The summed E-state index contributed by atoms with van der Waals surface area (Å²) in [5.41, 5.74) is 6.76. The average molecular weight is 541 g/mol.